The normalized spacial score (nSPS) is 17.8. The van der Waals surface area contributed by atoms with E-state index in [1.54, 1.807) is 10.7 Å². The quantitative estimate of drug-likeness (QED) is 0.364. The Morgan fingerprint density at radius 1 is 1.14 bits per heavy atom. The van der Waals surface area contributed by atoms with Gasteiger partial charge in [-0.15, -0.1) is 0 Å². The standard InChI is InChI=1S/C28H35N7O2/c1-5-6-9-20-11-13-21(14-12-20)26(36)30-24-15-18(3)33-35(24)28-31-25-22(27(37)32-28)16-29-34(25)23-10-7-8-17(2)19(23)4/h7-8,10,15-16,20-21H,5-6,9,11-14H2,1-4H3,(H,30,36)(H,31,32,37). The number of benzene rings is 1. The summed E-state index contributed by atoms with van der Waals surface area (Å²) in [7, 11) is 0. The molecule has 0 atom stereocenters. The van der Waals surface area contributed by atoms with Gasteiger partial charge in [0.25, 0.3) is 5.56 Å². The second-order valence-corrected chi connectivity index (χ2v) is 10.3. The second-order valence-electron chi connectivity index (χ2n) is 10.3. The Labute approximate surface area is 216 Å². The van der Waals surface area contributed by atoms with Gasteiger partial charge in [0.2, 0.25) is 11.9 Å². The van der Waals surface area contributed by atoms with Gasteiger partial charge >= 0.3 is 0 Å². The third-order valence-electron chi connectivity index (χ3n) is 7.70. The number of unbranched alkanes of at least 4 members (excludes halogenated alkanes) is 1. The van der Waals surface area contributed by atoms with Gasteiger partial charge in [0.05, 0.1) is 17.6 Å². The highest BCUT2D eigenvalue weighted by Gasteiger charge is 2.27. The molecule has 9 heteroatoms. The van der Waals surface area contributed by atoms with Crippen LogP contribution in [0.4, 0.5) is 5.82 Å². The van der Waals surface area contributed by atoms with Gasteiger partial charge in [-0.05, 0) is 69.6 Å². The van der Waals surface area contributed by atoms with Crippen LogP contribution in [-0.4, -0.2) is 35.4 Å². The van der Waals surface area contributed by atoms with Gasteiger partial charge < -0.3 is 5.32 Å². The van der Waals surface area contributed by atoms with E-state index >= 15 is 0 Å². The van der Waals surface area contributed by atoms with Gasteiger partial charge in [0.1, 0.15) is 11.2 Å². The topological polar surface area (TPSA) is 110 Å². The lowest BCUT2D eigenvalue weighted by Gasteiger charge is -2.27. The number of fused-ring (bicyclic) bond motifs is 1. The number of hydrogen-bond donors (Lipinski definition) is 2. The molecule has 4 aromatic rings. The van der Waals surface area contributed by atoms with Gasteiger partial charge in [-0.3, -0.25) is 14.6 Å². The van der Waals surface area contributed by atoms with Crippen LogP contribution in [0.2, 0.25) is 0 Å². The summed E-state index contributed by atoms with van der Waals surface area (Å²) in [5, 5.41) is 12.4. The molecule has 5 rings (SSSR count). The van der Waals surface area contributed by atoms with E-state index in [0.29, 0.717) is 22.5 Å². The van der Waals surface area contributed by atoms with Crippen molar-refractivity contribution < 1.29 is 4.79 Å². The minimum atomic E-state index is -0.313. The van der Waals surface area contributed by atoms with Crippen molar-refractivity contribution in [3.63, 3.8) is 0 Å². The highest BCUT2D eigenvalue weighted by atomic mass is 16.2. The number of aryl methyl sites for hydroxylation is 2. The molecule has 1 aliphatic carbocycles. The van der Waals surface area contributed by atoms with E-state index in [1.807, 2.05) is 39.0 Å². The largest absolute Gasteiger partial charge is 0.310 e. The average Bonchev–Trinajstić information content (AvgIpc) is 3.48. The maximum atomic E-state index is 13.2. The SMILES string of the molecule is CCCCC1CCC(C(=O)Nc2cc(C)nn2-c2nc3c(cnn3-c3cccc(C)c3C)c(=O)[nH]2)CC1. The maximum absolute atomic E-state index is 13.2. The van der Waals surface area contributed by atoms with Crippen molar-refractivity contribution in [2.24, 2.45) is 11.8 Å². The minimum Gasteiger partial charge on any atom is -0.310 e. The van der Waals surface area contributed by atoms with Crippen molar-refractivity contribution in [3.8, 4) is 11.6 Å². The Morgan fingerprint density at radius 2 is 1.92 bits per heavy atom. The predicted octanol–water partition coefficient (Wildman–Crippen LogP) is 5.15. The summed E-state index contributed by atoms with van der Waals surface area (Å²) in [6.45, 7) is 8.13. The molecule has 0 radical (unpaired) electrons. The van der Waals surface area contributed by atoms with Gasteiger partial charge in [-0.2, -0.15) is 19.9 Å². The summed E-state index contributed by atoms with van der Waals surface area (Å²) in [6.07, 6.45) is 9.29. The number of anilines is 1. The van der Waals surface area contributed by atoms with E-state index in [9.17, 15) is 9.59 Å². The first-order valence-electron chi connectivity index (χ1n) is 13.3. The molecule has 0 bridgehead atoms. The van der Waals surface area contributed by atoms with Crippen LogP contribution < -0.4 is 10.9 Å². The highest BCUT2D eigenvalue weighted by Crippen LogP contribution is 2.32. The number of aromatic nitrogens is 6. The summed E-state index contributed by atoms with van der Waals surface area (Å²) in [5.41, 5.74) is 3.88. The lowest BCUT2D eigenvalue weighted by molar-refractivity contribution is -0.121. The Morgan fingerprint density at radius 3 is 2.68 bits per heavy atom. The van der Waals surface area contributed by atoms with E-state index in [2.05, 4.69) is 27.4 Å². The fourth-order valence-electron chi connectivity index (χ4n) is 5.33. The number of nitrogens with one attached hydrogen (secondary N) is 2. The molecule has 9 nitrogen and oxygen atoms in total. The summed E-state index contributed by atoms with van der Waals surface area (Å²) in [6, 6.07) is 7.76. The number of rotatable bonds is 7. The number of hydrogen-bond acceptors (Lipinski definition) is 5. The first-order chi connectivity index (χ1) is 17.9. The fourth-order valence-corrected chi connectivity index (χ4v) is 5.33. The van der Waals surface area contributed by atoms with E-state index in [1.165, 1.54) is 30.1 Å². The molecular formula is C28H35N7O2. The Bertz CT molecular complexity index is 1490. The van der Waals surface area contributed by atoms with Gasteiger partial charge in [0.15, 0.2) is 5.65 Å². The summed E-state index contributed by atoms with van der Waals surface area (Å²) < 4.78 is 3.18. The lowest BCUT2D eigenvalue weighted by atomic mass is 9.79. The molecule has 2 N–H and O–H groups in total. The molecule has 0 saturated heterocycles. The minimum absolute atomic E-state index is 0.000978. The van der Waals surface area contributed by atoms with Crippen LogP contribution >= 0.6 is 0 Å². The number of amides is 1. The summed E-state index contributed by atoms with van der Waals surface area (Å²) >= 11 is 0. The molecular weight excluding hydrogens is 466 g/mol. The summed E-state index contributed by atoms with van der Waals surface area (Å²) in [5.74, 6) is 1.45. The zero-order valence-electron chi connectivity index (χ0n) is 22.0. The van der Waals surface area contributed by atoms with E-state index in [4.69, 9.17) is 4.98 Å². The Balaban J connectivity index is 1.44. The first-order valence-corrected chi connectivity index (χ1v) is 13.3. The fraction of sp³-hybridized carbons (Fsp3) is 0.464. The first kappa shape index (κ1) is 24.9. The van der Waals surface area contributed by atoms with E-state index in [0.717, 1.165) is 48.4 Å². The van der Waals surface area contributed by atoms with E-state index < -0.39 is 0 Å². The van der Waals surface area contributed by atoms with Crippen LogP contribution in [0.3, 0.4) is 0 Å². The zero-order chi connectivity index (χ0) is 26.1. The van der Waals surface area contributed by atoms with Crippen molar-refractivity contribution in [1.82, 2.24) is 29.5 Å². The number of aromatic amines is 1. The molecule has 1 aromatic carbocycles. The number of carbonyl (C=O) groups excluding carboxylic acids is 1. The van der Waals surface area contributed by atoms with Crippen LogP contribution in [0, 0.1) is 32.6 Å². The number of carbonyl (C=O) groups is 1. The van der Waals surface area contributed by atoms with Gasteiger partial charge in [0, 0.05) is 12.0 Å². The molecule has 0 unspecified atom stereocenters. The third-order valence-corrected chi connectivity index (χ3v) is 7.70. The molecule has 0 spiro atoms. The van der Waals surface area contributed by atoms with Crippen LogP contribution in [0.25, 0.3) is 22.7 Å². The monoisotopic (exact) mass is 501 g/mol. The second kappa shape index (κ2) is 10.3. The molecule has 1 aliphatic rings. The van der Waals surface area contributed by atoms with Gasteiger partial charge in [-0.25, -0.2) is 4.68 Å². The summed E-state index contributed by atoms with van der Waals surface area (Å²) in [4.78, 5) is 33.7. The van der Waals surface area contributed by atoms with Crippen LogP contribution in [-0.2, 0) is 4.79 Å². The molecule has 0 aliphatic heterocycles. The Hall–Kier alpha value is -3.75. The lowest BCUT2D eigenvalue weighted by Crippen LogP contribution is -2.28. The van der Waals surface area contributed by atoms with Crippen LogP contribution in [0.5, 0.6) is 0 Å². The zero-order valence-corrected chi connectivity index (χ0v) is 22.0. The predicted molar refractivity (Wildman–Crippen MR) is 144 cm³/mol. The molecule has 1 fully saturated rings. The van der Waals surface area contributed by atoms with Crippen molar-refractivity contribution in [2.75, 3.05) is 5.32 Å². The smallest absolute Gasteiger partial charge is 0.263 e. The highest BCUT2D eigenvalue weighted by molar-refractivity contribution is 5.92. The van der Waals surface area contributed by atoms with Crippen LogP contribution in [0.1, 0.15) is 68.7 Å². The van der Waals surface area contributed by atoms with Crippen molar-refractivity contribution >= 4 is 22.8 Å². The molecule has 1 amide bonds. The molecule has 194 valence electrons. The maximum Gasteiger partial charge on any atom is 0.263 e. The molecule has 3 aromatic heterocycles. The number of H-pyrrole nitrogens is 1. The van der Waals surface area contributed by atoms with E-state index in [-0.39, 0.29) is 23.3 Å². The van der Waals surface area contributed by atoms with Crippen molar-refractivity contribution in [3.05, 3.63) is 57.6 Å². The third kappa shape index (κ3) is 4.95. The molecule has 1 saturated carbocycles. The molecule has 3 heterocycles. The average molecular weight is 502 g/mol. The van der Waals surface area contributed by atoms with Crippen molar-refractivity contribution in [2.45, 2.75) is 72.6 Å². The molecule has 37 heavy (non-hydrogen) atoms. The number of nitrogens with zero attached hydrogens (tertiary/aromatic N) is 5. The van der Waals surface area contributed by atoms with Crippen molar-refractivity contribution in [1.29, 1.82) is 0 Å². The van der Waals surface area contributed by atoms with Gasteiger partial charge in [-0.1, -0.05) is 38.3 Å². The Kier molecular flexibility index (Phi) is 6.95. The van der Waals surface area contributed by atoms with Crippen LogP contribution in [0.15, 0.2) is 35.3 Å².